The van der Waals surface area contributed by atoms with E-state index in [1.807, 2.05) is 12.1 Å². The molecule has 0 saturated heterocycles. The number of rotatable bonds is 0. The van der Waals surface area contributed by atoms with E-state index in [0.717, 1.165) is 0 Å². The third kappa shape index (κ3) is 1.29. The molecular formula is C12H7ClO3. The Labute approximate surface area is 96.8 Å². The number of hydrogen-bond acceptors (Lipinski definition) is 3. The third-order valence-electron chi connectivity index (χ3n) is 2.33. The maximum atomic E-state index is 9.73. The van der Waals surface area contributed by atoms with Crippen LogP contribution >= 0.6 is 11.6 Å². The van der Waals surface area contributed by atoms with Crippen LogP contribution < -0.4 is 9.47 Å². The van der Waals surface area contributed by atoms with E-state index < -0.39 is 0 Å². The number of phenolic OH excluding ortho intramolecular Hbond substituents is 1. The molecule has 0 radical (unpaired) electrons. The summed E-state index contributed by atoms with van der Waals surface area (Å²) in [6, 6.07) is 10.5. The molecule has 0 bridgehead atoms. The van der Waals surface area contributed by atoms with Crippen molar-refractivity contribution in [1.82, 2.24) is 0 Å². The highest BCUT2D eigenvalue weighted by Crippen LogP contribution is 2.51. The average Bonchev–Trinajstić information content (AvgIpc) is 2.32. The van der Waals surface area contributed by atoms with Gasteiger partial charge in [0.2, 0.25) is 5.75 Å². The van der Waals surface area contributed by atoms with Gasteiger partial charge >= 0.3 is 0 Å². The first kappa shape index (κ1) is 9.36. The van der Waals surface area contributed by atoms with Crippen molar-refractivity contribution in [2.24, 2.45) is 0 Å². The summed E-state index contributed by atoms with van der Waals surface area (Å²) >= 11 is 5.79. The third-order valence-corrected chi connectivity index (χ3v) is 2.63. The summed E-state index contributed by atoms with van der Waals surface area (Å²) in [7, 11) is 0. The van der Waals surface area contributed by atoms with Crippen molar-refractivity contribution in [1.29, 1.82) is 0 Å². The van der Waals surface area contributed by atoms with Crippen LogP contribution in [0.4, 0.5) is 0 Å². The van der Waals surface area contributed by atoms with Crippen LogP contribution in [-0.4, -0.2) is 5.11 Å². The minimum atomic E-state index is -0.103. The Morgan fingerprint density at radius 2 is 1.56 bits per heavy atom. The van der Waals surface area contributed by atoms with Crippen molar-refractivity contribution in [3.8, 4) is 28.7 Å². The van der Waals surface area contributed by atoms with Gasteiger partial charge < -0.3 is 14.6 Å². The summed E-state index contributed by atoms with van der Waals surface area (Å²) in [5.41, 5.74) is 0. The maximum Gasteiger partial charge on any atom is 0.213 e. The predicted octanol–water partition coefficient (Wildman–Crippen LogP) is 3.94. The smallest absolute Gasteiger partial charge is 0.213 e. The van der Waals surface area contributed by atoms with E-state index in [9.17, 15) is 5.11 Å². The van der Waals surface area contributed by atoms with Crippen molar-refractivity contribution in [3.05, 3.63) is 41.4 Å². The second-order valence-electron chi connectivity index (χ2n) is 3.37. The van der Waals surface area contributed by atoms with E-state index in [1.54, 1.807) is 24.3 Å². The molecule has 1 heterocycles. The van der Waals surface area contributed by atoms with Crippen LogP contribution in [0.3, 0.4) is 0 Å². The van der Waals surface area contributed by atoms with Crippen LogP contribution in [0.1, 0.15) is 0 Å². The molecule has 1 aliphatic heterocycles. The zero-order valence-electron chi connectivity index (χ0n) is 8.11. The Morgan fingerprint density at radius 3 is 2.31 bits per heavy atom. The zero-order chi connectivity index (χ0) is 11.1. The number of para-hydroxylation sites is 2. The molecule has 0 amide bonds. The predicted molar refractivity (Wildman–Crippen MR) is 59.7 cm³/mol. The molecule has 1 aliphatic rings. The standard InChI is InChI=1S/C12H7ClO3/c13-7-5-6-10-12(11(7)14)16-9-4-2-1-3-8(9)15-10/h1-6,14H. The lowest BCUT2D eigenvalue weighted by Crippen LogP contribution is -1.98. The normalized spacial score (nSPS) is 12.1. The number of fused-ring (bicyclic) bond motifs is 2. The lowest BCUT2D eigenvalue weighted by atomic mass is 10.2. The summed E-state index contributed by atoms with van der Waals surface area (Å²) in [4.78, 5) is 0. The number of ether oxygens (including phenoxy) is 2. The van der Waals surface area contributed by atoms with Gasteiger partial charge in [0.05, 0.1) is 5.02 Å². The molecule has 2 aromatic carbocycles. The fraction of sp³-hybridized carbons (Fsp3) is 0. The number of phenols is 1. The van der Waals surface area contributed by atoms with Gasteiger partial charge in [-0.25, -0.2) is 0 Å². The van der Waals surface area contributed by atoms with E-state index in [2.05, 4.69) is 0 Å². The van der Waals surface area contributed by atoms with Gasteiger partial charge in [-0.05, 0) is 24.3 Å². The molecule has 0 unspecified atom stereocenters. The van der Waals surface area contributed by atoms with E-state index in [-0.39, 0.29) is 16.5 Å². The number of aromatic hydroxyl groups is 1. The maximum absolute atomic E-state index is 9.73. The van der Waals surface area contributed by atoms with Crippen molar-refractivity contribution in [3.63, 3.8) is 0 Å². The highest BCUT2D eigenvalue weighted by Gasteiger charge is 2.22. The monoisotopic (exact) mass is 234 g/mol. The number of hydrogen-bond donors (Lipinski definition) is 1. The van der Waals surface area contributed by atoms with Crippen LogP contribution in [0.25, 0.3) is 0 Å². The Bertz CT molecular complexity index is 566. The van der Waals surface area contributed by atoms with Gasteiger partial charge in [0.25, 0.3) is 0 Å². The van der Waals surface area contributed by atoms with Crippen molar-refractivity contribution in [2.75, 3.05) is 0 Å². The van der Waals surface area contributed by atoms with Gasteiger partial charge in [-0.2, -0.15) is 0 Å². The first-order chi connectivity index (χ1) is 7.75. The molecule has 1 N–H and O–H groups in total. The molecule has 4 heteroatoms. The molecule has 80 valence electrons. The van der Waals surface area contributed by atoms with E-state index in [1.165, 1.54) is 0 Å². The van der Waals surface area contributed by atoms with Crippen LogP contribution in [0.15, 0.2) is 36.4 Å². The number of benzene rings is 2. The molecule has 0 atom stereocenters. The highest BCUT2D eigenvalue weighted by molar-refractivity contribution is 6.32. The van der Waals surface area contributed by atoms with Crippen LogP contribution in [0, 0.1) is 0 Å². The quantitative estimate of drug-likeness (QED) is 0.640. The summed E-state index contributed by atoms with van der Waals surface area (Å²) in [5, 5.41) is 9.97. The zero-order valence-corrected chi connectivity index (χ0v) is 8.86. The van der Waals surface area contributed by atoms with Gasteiger partial charge in [0.15, 0.2) is 23.0 Å². The summed E-state index contributed by atoms with van der Waals surface area (Å²) < 4.78 is 11.1. The van der Waals surface area contributed by atoms with Crippen molar-refractivity contribution >= 4 is 11.6 Å². The second-order valence-corrected chi connectivity index (χ2v) is 3.78. The Balaban J connectivity index is 2.16. The van der Waals surface area contributed by atoms with E-state index >= 15 is 0 Å². The highest BCUT2D eigenvalue weighted by atomic mass is 35.5. The molecular weight excluding hydrogens is 228 g/mol. The first-order valence-corrected chi connectivity index (χ1v) is 5.10. The van der Waals surface area contributed by atoms with Gasteiger partial charge in [0, 0.05) is 0 Å². The fourth-order valence-electron chi connectivity index (χ4n) is 1.55. The SMILES string of the molecule is Oc1c(Cl)ccc2c1Oc1ccccc1O2. The average molecular weight is 235 g/mol. The Hall–Kier alpha value is -1.87. The molecule has 0 fully saturated rings. The fourth-order valence-corrected chi connectivity index (χ4v) is 1.70. The second kappa shape index (κ2) is 3.32. The Kier molecular flexibility index (Phi) is 1.94. The summed E-state index contributed by atoms with van der Waals surface area (Å²) in [5.74, 6) is 1.80. The van der Waals surface area contributed by atoms with E-state index in [0.29, 0.717) is 17.2 Å². The lowest BCUT2D eigenvalue weighted by molar-refractivity contribution is 0.337. The minimum Gasteiger partial charge on any atom is -0.503 e. The summed E-state index contributed by atoms with van der Waals surface area (Å²) in [6.45, 7) is 0. The molecule has 3 nitrogen and oxygen atoms in total. The molecule has 16 heavy (non-hydrogen) atoms. The Morgan fingerprint density at radius 1 is 0.875 bits per heavy atom. The largest absolute Gasteiger partial charge is 0.503 e. The molecule has 0 spiro atoms. The van der Waals surface area contributed by atoms with Gasteiger partial charge in [-0.1, -0.05) is 23.7 Å². The van der Waals surface area contributed by atoms with Crippen LogP contribution in [-0.2, 0) is 0 Å². The molecule has 0 saturated carbocycles. The minimum absolute atomic E-state index is 0.103. The van der Waals surface area contributed by atoms with Crippen LogP contribution in [0.5, 0.6) is 28.7 Å². The van der Waals surface area contributed by atoms with Gasteiger partial charge in [-0.3, -0.25) is 0 Å². The summed E-state index contributed by atoms with van der Waals surface area (Å²) in [6.07, 6.45) is 0. The molecule has 0 aromatic heterocycles. The molecule has 2 aromatic rings. The van der Waals surface area contributed by atoms with E-state index in [4.69, 9.17) is 21.1 Å². The molecule has 3 rings (SSSR count). The van der Waals surface area contributed by atoms with Crippen LogP contribution in [0.2, 0.25) is 5.02 Å². The topological polar surface area (TPSA) is 38.7 Å². The lowest BCUT2D eigenvalue weighted by Gasteiger charge is -2.21. The number of halogens is 1. The van der Waals surface area contributed by atoms with Gasteiger partial charge in [-0.15, -0.1) is 0 Å². The van der Waals surface area contributed by atoms with Crippen molar-refractivity contribution in [2.45, 2.75) is 0 Å². The first-order valence-electron chi connectivity index (χ1n) is 4.72. The van der Waals surface area contributed by atoms with Crippen molar-refractivity contribution < 1.29 is 14.6 Å². The van der Waals surface area contributed by atoms with Gasteiger partial charge in [0.1, 0.15) is 0 Å². The molecule has 0 aliphatic carbocycles.